The number of rotatable bonds is 8. The van der Waals surface area contributed by atoms with Gasteiger partial charge in [0.05, 0.1) is 6.10 Å². The van der Waals surface area contributed by atoms with Gasteiger partial charge in [0.15, 0.2) is 14.1 Å². The van der Waals surface area contributed by atoms with Crippen molar-refractivity contribution in [2.75, 3.05) is 0 Å². The zero-order chi connectivity index (χ0) is 17.7. The maximum Gasteiger partial charge on any atom is 0.303 e. The predicted molar refractivity (Wildman–Crippen MR) is 95.0 cm³/mol. The molecule has 1 aliphatic carbocycles. The number of unbranched alkanes of at least 4 members (excludes halogenated alkanes) is 1. The topological polar surface area (TPSA) is 63.6 Å². The summed E-state index contributed by atoms with van der Waals surface area (Å²) in [6.07, 6.45) is 8.43. The second-order valence-corrected chi connectivity index (χ2v) is 12.5. The van der Waals surface area contributed by atoms with Gasteiger partial charge in [0.1, 0.15) is 0 Å². The lowest BCUT2D eigenvalue weighted by Crippen LogP contribution is -2.43. The van der Waals surface area contributed by atoms with Gasteiger partial charge in [0, 0.05) is 12.8 Å². The fourth-order valence-electron chi connectivity index (χ4n) is 2.20. The summed E-state index contributed by atoms with van der Waals surface area (Å²) in [5, 5.41) is 8.70. The van der Waals surface area contributed by atoms with Crippen molar-refractivity contribution in [2.45, 2.75) is 77.1 Å². The van der Waals surface area contributed by atoms with Crippen LogP contribution in [0.15, 0.2) is 23.8 Å². The number of hydrogen-bond donors (Lipinski definition) is 1. The minimum atomic E-state index is -1.86. The van der Waals surface area contributed by atoms with E-state index in [9.17, 15) is 9.59 Å². The Morgan fingerprint density at radius 1 is 1.39 bits per heavy atom. The lowest BCUT2D eigenvalue weighted by atomic mass is 10.1. The second kappa shape index (κ2) is 8.06. The first-order chi connectivity index (χ1) is 10.5. The molecule has 23 heavy (non-hydrogen) atoms. The van der Waals surface area contributed by atoms with Crippen LogP contribution in [0.2, 0.25) is 18.1 Å². The fraction of sp³-hybridized carbons (Fsp3) is 0.667. The number of carbonyl (C=O) groups excluding carboxylic acids is 1. The number of carboxylic acid groups (broad SMARTS) is 1. The van der Waals surface area contributed by atoms with Crippen LogP contribution in [-0.4, -0.2) is 31.3 Å². The van der Waals surface area contributed by atoms with E-state index in [1.165, 1.54) is 0 Å². The smallest absolute Gasteiger partial charge is 0.303 e. The summed E-state index contributed by atoms with van der Waals surface area (Å²) < 4.78 is 6.29. The Bertz CT molecular complexity index is 498. The highest BCUT2D eigenvalue weighted by molar-refractivity contribution is 6.74. The summed E-state index contributed by atoms with van der Waals surface area (Å²) >= 11 is 0. The van der Waals surface area contributed by atoms with Gasteiger partial charge < -0.3 is 9.53 Å². The maximum absolute atomic E-state index is 12.1. The molecule has 0 amide bonds. The quantitative estimate of drug-likeness (QED) is 0.403. The van der Waals surface area contributed by atoms with E-state index < -0.39 is 14.3 Å². The van der Waals surface area contributed by atoms with Crippen LogP contribution < -0.4 is 0 Å². The third-order valence-electron chi connectivity index (χ3n) is 4.65. The minimum Gasteiger partial charge on any atom is -0.481 e. The largest absolute Gasteiger partial charge is 0.481 e. The summed E-state index contributed by atoms with van der Waals surface area (Å²) in [5.41, 5.74) is 0.822. The molecule has 0 heterocycles. The first kappa shape index (κ1) is 19.8. The number of allylic oxidation sites excluding steroid dienone is 3. The highest BCUT2D eigenvalue weighted by atomic mass is 28.4. The lowest BCUT2D eigenvalue weighted by molar-refractivity contribution is -0.137. The number of aliphatic carboxylic acids is 1. The summed E-state index contributed by atoms with van der Waals surface area (Å²) in [7, 11) is -1.86. The van der Waals surface area contributed by atoms with Gasteiger partial charge in [-0.1, -0.05) is 32.9 Å². The Hall–Kier alpha value is -1.20. The van der Waals surface area contributed by atoms with E-state index in [1.54, 1.807) is 0 Å². The minimum absolute atomic E-state index is 0.0844. The van der Waals surface area contributed by atoms with Crippen LogP contribution in [0.4, 0.5) is 0 Å². The van der Waals surface area contributed by atoms with Crippen molar-refractivity contribution in [1.82, 2.24) is 0 Å². The van der Waals surface area contributed by atoms with Crippen LogP contribution in [0.25, 0.3) is 0 Å². The van der Waals surface area contributed by atoms with E-state index in [4.69, 9.17) is 9.53 Å². The molecule has 0 aromatic rings. The van der Waals surface area contributed by atoms with Crippen molar-refractivity contribution in [3.63, 3.8) is 0 Å². The van der Waals surface area contributed by atoms with Crippen molar-refractivity contribution >= 4 is 20.1 Å². The standard InChI is InChI=1S/C18H30O4Si/c1-18(2,3)23(4,5)22-15-12-14(16(19)13-15)10-8-6-7-9-11-17(20)21/h6,8,12,15H,7,9-11,13H2,1-5H3,(H,20,21)/t15-/m0/s1. The van der Waals surface area contributed by atoms with Crippen LogP contribution in [0.3, 0.4) is 0 Å². The fourth-order valence-corrected chi connectivity index (χ4v) is 3.46. The number of hydrogen-bond acceptors (Lipinski definition) is 3. The van der Waals surface area contributed by atoms with E-state index in [0.717, 1.165) is 12.0 Å². The van der Waals surface area contributed by atoms with Crippen molar-refractivity contribution in [1.29, 1.82) is 0 Å². The normalized spacial score (nSPS) is 19.4. The molecule has 0 bridgehead atoms. The summed E-state index contributed by atoms with van der Waals surface area (Å²) in [6.45, 7) is 11.0. The molecule has 0 fully saturated rings. The molecular formula is C18H30O4Si. The summed E-state index contributed by atoms with van der Waals surface area (Å²) in [4.78, 5) is 22.5. The molecule has 0 aliphatic heterocycles. The molecule has 4 nitrogen and oxygen atoms in total. The molecule has 0 saturated heterocycles. The Morgan fingerprint density at radius 2 is 2.04 bits per heavy atom. The monoisotopic (exact) mass is 338 g/mol. The van der Waals surface area contributed by atoms with E-state index >= 15 is 0 Å². The van der Waals surface area contributed by atoms with Gasteiger partial charge in [-0.3, -0.25) is 9.59 Å². The van der Waals surface area contributed by atoms with Gasteiger partial charge in [-0.05, 0) is 49.0 Å². The Morgan fingerprint density at radius 3 is 2.61 bits per heavy atom. The van der Waals surface area contributed by atoms with E-state index in [0.29, 0.717) is 19.3 Å². The SMILES string of the molecule is CC(C)(C)[Si](C)(C)O[C@H]1C=C(CC=CCCCC(=O)O)C(=O)C1. The number of Topliss-reactive ketones (excluding diaryl/α,β-unsaturated/α-hetero) is 1. The molecule has 0 aromatic heterocycles. The predicted octanol–water partition coefficient (Wildman–Crippen LogP) is 4.48. The van der Waals surface area contributed by atoms with E-state index in [1.807, 2.05) is 18.2 Å². The summed E-state index contributed by atoms with van der Waals surface area (Å²) in [5.74, 6) is -0.596. The Balaban J connectivity index is 2.50. The molecule has 1 rings (SSSR count). The molecule has 130 valence electrons. The first-order valence-electron chi connectivity index (χ1n) is 8.31. The number of carboxylic acids is 1. The molecule has 5 heteroatoms. The maximum atomic E-state index is 12.1. The van der Waals surface area contributed by atoms with Crippen molar-refractivity contribution in [3.05, 3.63) is 23.8 Å². The van der Waals surface area contributed by atoms with Gasteiger partial charge in [-0.2, -0.15) is 0 Å². The van der Waals surface area contributed by atoms with Gasteiger partial charge >= 0.3 is 5.97 Å². The molecule has 0 aromatic carbocycles. The van der Waals surface area contributed by atoms with E-state index in [2.05, 4.69) is 33.9 Å². The molecule has 1 atom stereocenters. The number of carbonyl (C=O) groups is 2. The van der Waals surface area contributed by atoms with Crippen molar-refractivity contribution in [2.24, 2.45) is 0 Å². The molecule has 0 saturated carbocycles. The van der Waals surface area contributed by atoms with Gasteiger partial charge in [0.25, 0.3) is 0 Å². The molecule has 1 N–H and O–H groups in total. The van der Waals surface area contributed by atoms with Gasteiger partial charge in [0.2, 0.25) is 0 Å². The van der Waals surface area contributed by atoms with Crippen molar-refractivity contribution < 1.29 is 19.1 Å². The molecule has 0 unspecified atom stereocenters. The zero-order valence-corrected chi connectivity index (χ0v) is 16.0. The highest BCUT2D eigenvalue weighted by Crippen LogP contribution is 2.38. The zero-order valence-electron chi connectivity index (χ0n) is 15.0. The van der Waals surface area contributed by atoms with Gasteiger partial charge in [-0.25, -0.2) is 0 Å². The first-order valence-corrected chi connectivity index (χ1v) is 11.2. The van der Waals surface area contributed by atoms with Crippen LogP contribution in [0.5, 0.6) is 0 Å². The second-order valence-electron chi connectivity index (χ2n) is 7.70. The molecule has 0 radical (unpaired) electrons. The average Bonchev–Trinajstić information content (AvgIpc) is 2.71. The third-order valence-corrected chi connectivity index (χ3v) is 9.15. The van der Waals surface area contributed by atoms with Crippen LogP contribution in [0.1, 0.15) is 52.9 Å². The molecular weight excluding hydrogens is 308 g/mol. The molecule has 1 aliphatic rings. The highest BCUT2D eigenvalue weighted by Gasteiger charge is 2.40. The Kier molecular flexibility index (Phi) is 6.95. The summed E-state index contributed by atoms with van der Waals surface area (Å²) in [6, 6.07) is 0. The average molecular weight is 339 g/mol. The van der Waals surface area contributed by atoms with Crippen LogP contribution in [0, 0.1) is 0 Å². The third kappa shape index (κ3) is 6.43. The lowest BCUT2D eigenvalue weighted by Gasteiger charge is -2.37. The van der Waals surface area contributed by atoms with Crippen molar-refractivity contribution in [3.8, 4) is 0 Å². The van der Waals surface area contributed by atoms with Crippen LogP contribution in [-0.2, 0) is 14.0 Å². The number of ketones is 1. The van der Waals surface area contributed by atoms with Gasteiger partial charge in [-0.15, -0.1) is 0 Å². The Labute approximate surface area is 140 Å². The molecule has 0 spiro atoms. The van der Waals surface area contributed by atoms with E-state index in [-0.39, 0.29) is 23.3 Å². The van der Waals surface area contributed by atoms with Crippen LogP contribution >= 0.6 is 0 Å².